The number of amides is 2. The summed E-state index contributed by atoms with van der Waals surface area (Å²) in [4.78, 5) is 31.0. The van der Waals surface area contributed by atoms with Crippen LogP contribution in [-0.4, -0.2) is 48.7 Å². The Balaban J connectivity index is 3.16. The molecule has 0 bridgehead atoms. The molecule has 90 valence electrons. The topological polar surface area (TPSA) is 53.0 Å². The van der Waals surface area contributed by atoms with Gasteiger partial charge in [-0.25, -0.2) is 0 Å². The number of hydrogen-bond donors (Lipinski definition) is 0. The first-order chi connectivity index (χ1) is 7.16. The predicted octanol–water partition coefficient (Wildman–Crippen LogP) is 0.565. The fourth-order valence-electron chi connectivity index (χ4n) is 1.78. The Morgan fingerprint density at radius 1 is 1.25 bits per heavy atom. The molecule has 16 heavy (non-hydrogen) atoms. The summed E-state index contributed by atoms with van der Waals surface area (Å²) in [6, 6.07) is 0. The molecule has 1 unspecified atom stereocenters. The zero-order valence-corrected chi connectivity index (χ0v) is 10.7. The van der Waals surface area contributed by atoms with E-state index in [4.69, 9.17) is 0 Å². The third-order valence-electron chi connectivity index (χ3n) is 2.60. The number of nitrogens with zero attached hydrogens (tertiary/aromatic N) is 3. The number of carbonyl (C=O) groups is 2. The lowest BCUT2D eigenvalue weighted by atomic mass is 9.79. The maximum atomic E-state index is 12.1. The van der Waals surface area contributed by atoms with E-state index in [0.717, 1.165) is 0 Å². The van der Waals surface area contributed by atoms with Crippen LogP contribution in [0.25, 0.3) is 0 Å². The summed E-state index contributed by atoms with van der Waals surface area (Å²) in [6.07, 6.45) is 0. The number of carbonyl (C=O) groups excluding carboxylic acids is 2. The minimum absolute atomic E-state index is 0.184. The van der Waals surface area contributed by atoms with Gasteiger partial charge < -0.3 is 4.90 Å². The highest BCUT2D eigenvalue weighted by molar-refractivity contribution is 6.15. The van der Waals surface area contributed by atoms with Crippen LogP contribution in [-0.2, 0) is 9.59 Å². The highest BCUT2D eigenvalue weighted by atomic mass is 16.2. The SMILES string of the molecule is CN(C)C1=NC(=O)C(C(C)(C)C)C(=O)N1C. The predicted molar refractivity (Wildman–Crippen MR) is 61.8 cm³/mol. The largest absolute Gasteiger partial charge is 0.348 e. The van der Waals surface area contributed by atoms with Crippen molar-refractivity contribution in [3.05, 3.63) is 0 Å². The second-order valence-electron chi connectivity index (χ2n) is 5.34. The molecular weight excluding hydrogens is 206 g/mol. The van der Waals surface area contributed by atoms with Gasteiger partial charge in [0.1, 0.15) is 5.92 Å². The van der Waals surface area contributed by atoms with Gasteiger partial charge in [-0.15, -0.1) is 0 Å². The first kappa shape index (κ1) is 12.7. The number of aliphatic imine (C=N–C) groups is 1. The van der Waals surface area contributed by atoms with Gasteiger partial charge in [0, 0.05) is 21.1 Å². The van der Waals surface area contributed by atoms with Gasteiger partial charge in [0.15, 0.2) is 0 Å². The molecule has 0 spiro atoms. The van der Waals surface area contributed by atoms with Crippen molar-refractivity contribution in [2.24, 2.45) is 16.3 Å². The van der Waals surface area contributed by atoms with E-state index in [1.54, 1.807) is 26.0 Å². The Labute approximate surface area is 96.1 Å². The van der Waals surface area contributed by atoms with Gasteiger partial charge in [-0.2, -0.15) is 4.99 Å². The minimum atomic E-state index is -0.679. The molecule has 5 heteroatoms. The highest BCUT2D eigenvalue weighted by Gasteiger charge is 2.43. The summed E-state index contributed by atoms with van der Waals surface area (Å²) in [6.45, 7) is 5.62. The quantitative estimate of drug-likeness (QED) is 0.566. The van der Waals surface area contributed by atoms with E-state index in [2.05, 4.69) is 4.99 Å². The second kappa shape index (κ2) is 3.88. The third-order valence-corrected chi connectivity index (χ3v) is 2.60. The maximum absolute atomic E-state index is 12.1. The van der Waals surface area contributed by atoms with Crippen LogP contribution < -0.4 is 0 Å². The molecule has 1 atom stereocenters. The molecule has 1 rings (SSSR count). The number of guanidine groups is 1. The third kappa shape index (κ3) is 2.08. The molecule has 0 radical (unpaired) electrons. The molecule has 0 aromatic carbocycles. The maximum Gasteiger partial charge on any atom is 0.262 e. The molecule has 2 amide bonds. The fraction of sp³-hybridized carbons (Fsp3) is 0.727. The van der Waals surface area contributed by atoms with Gasteiger partial charge in [0.2, 0.25) is 11.9 Å². The molecule has 0 aromatic rings. The van der Waals surface area contributed by atoms with E-state index in [9.17, 15) is 9.59 Å². The summed E-state index contributed by atoms with van der Waals surface area (Å²) in [5.41, 5.74) is -0.399. The van der Waals surface area contributed by atoms with Crippen LogP contribution in [0, 0.1) is 11.3 Å². The Morgan fingerprint density at radius 3 is 2.12 bits per heavy atom. The Hall–Kier alpha value is -1.39. The lowest BCUT2D eigenvalue weighted by Gasteiger charge is -2.36. The summed E-state index contributed by atoms with van der Waals surface area (Å²) in [5.74, 6) is -0.813. The molecule has 0 saturated heterocycles. The fourth-order valence-corrected chi connectivity index (χ4v) is 1.78. The molecule has 0 saturated carbocycles. The average Bonchev–Trinajstić information content (AvgIpc) is 2.08. The van der Waals surface area contributed by atoms with Crippen molar-refractivity contribution in [2.75, 3.05) is 21.1 Å². The summed E-state index contributed by atoms with van der Waals surface area (Å²) in [5, 5.41) is 0. The van der Waals surface area contributed by atoms with Crippen LogP contribution in [0.4, 0.5) is 0 Å². The molecule has 0 fully saturated rings. The van der Waals surface area contributed by atoms with Crippen LogP contribution in [0.5, 0.6) is 0 Å². The van der Waals surface area contributed by atoms with E-state index >= 15 is 0 Å². The van der Waals surface area contributed by atoms with Crippen LogP contribution in [0.15, 0.2) is 4.99 Å². The standard InChI is InChI=1S/C11H19N3O2/c1-11(2,3)7-8(15)12-10(13(4)5)14(6)9(7)16/h7H,1-6H3. The van der Waals surface area contributed by atoms with Crippen molar-refractivity contribution in [1.29, 1.82) is 0 Å². The Morgan fingerprint density at radius 2 is 1.75 bits per heavy atom. The normalized spacial score (nSPS) is 22.2. The minimum Gasteiger partial charge on any atom is -0.348 e. The van der Waals surface area contributed by atoms with Gasteiger partial charge in [0.25, 0.3) is 5.91 Å². The van der Waals surface area contributed by atoms with E-state index in [0.29, 0.717) is 5.96 Å². The number of hydrogen-bond acceptors (Lipinski definition) is 3. The van der Waals surface area contributed by atoms with Crippen molar-refractivity contribution in [3.63, 3.8) is 0 Å². The van der Waals surface area contributed by atoms with Gasteiger partial charge in [-0.05, 0) is 5.41 Å². The molecule has 0 aromatic heterocycles. The monoisotopic (exact) mass is 225 g/mol. The highest BCUT2D eigenvalue weighted by Crippen LogP contribution is 2.31. The zero-order chi connectivity index (χ0) is 12.7. The van der Waals surface area contributed by atoms with Crippen LogP contribution >= 0.6 is 0 Å². The van der Waals surface area contributed by atoms with Gasteiger partial charge in [-0.3, -0.25) is 14.5 Å². The smallest absolute Gasteiger partial charge is 0.262 e. The van der Waals surface area contributed by atoms with Crippen LogP contribution in [0.3, 0.4) is 0 Å². The summed E-state index contributed by atoms with van der Waals surface area (Å²) < 4.78 is 0. The second-order valence-corrected chi connectivity index (χ2v) is 5.34. The Kier molecular flexibility index (Phi) is 3.08. The molecule has 0 N–H and O–H groups in total. The van der Waals surface area contributed by atoms with Crippen molar-refractivity contribution in [1.82, 2.24) is 9.80 Å². The Bertz CT molecular complexity index is 353. The van der Waals surface area contributed by atoms with Crippen LogP contribution in [0.2, 0.25) is 0 Å². The molecule has 1 aliphatic heterocycles. The van der Waals surface area contributed by atoms with Crippen molar-refractivity contribution >= 4 is 17.8 Å². The first-order valence-electron chi connectivity index (χ1n) is 5.23. The molecule has 1 aliphatic rings. The van der Waals surface area contributed by atoms with Crippen LogP contribution in [0.1, 0.15) is 20.8 Å². The molecular formula is C11H19N3O2. The van der Waals surface area contributed by atoms with E-state index in [-0.39, 0.29) is 11.8 Å². The summed E-state index contributed by atoms with van der Waals surface area (Å²) >= 11 is 0. The number of rotatable bonds is 0. The van der Waals surface area contributed by atoms with Crippen molar-refractivity contribution in [3.8, 4) is 0 Å². The van der Waals surface area contributed by atoms with E-state index in [1.807, 2.05) is 20.8 Å². The van der Waals surface area contributed by atoms with E-state index < -0.39 is 11.3 Å². The zero-order valence-electron chi connectivity index (χ0n) is 10.7. The van der Waals surface area contributed by atoms with E-state index in [1.165, 1.54) is 4.90 Å². The summed E-state index contributed by atoms with van der Waals surface area (Å²) in [7, 11) is 5.16. The van der Waals surface area contributed by atoms with Gasteiger partial charge in [-0.1, -0.05) is 20.8 Å². The lowest BCUT2D eigenvalue weighted by molar-refractivity contribution is -0.143. The molecule has 0 aliphatic carbocycles. The van der Waals surface area contributed by atoms with Gasteiger partial charge >= 0.3 is 0 Å². The van der Waals surface area contributed by atoms with Crippen molar-refractivity contribution in [2.45, 2.75) is 20.8 Å². The lowest BCUT2D eigenvalue weighted by Crippen LogP contribution is -2.53. The van der Waals surface area contributed by atoms with Gasteiger partial charge in [0.05, 0.1) is 0 Å². The molecule has 5 nitrogen and oxygen atoms in total. The van der Waals surface area contributed by atoms with Crippen molar-refractivity contribution < 1.29 is 9.59 Å². The average molecular weight is 225 g/mol. The molecule has 1 heterocycles. The first-order valence-corrected chi connectivity index (χ1v) is 5.23.